The molecule has 1 heteroatoms. The minimum atomic E-state index is 0. The van der Waals surface area contributed by atoms with Crippen LogP contribution in [0, 0.1) is 0 Å². The van der Waals surface area contributed by atoms with Crippen molar-refractivity contribution < 1.29 is 0 Å². The first-order chi connectivity index (χ1) is 40.1. The van der Waals surface area contributed by atoms with Crippen molar-refractivity contribution in [2.24, 2.45) is 0 Å². The highest BCUT2D eigenvalue weighted by Gasteiger charge is 2.47. The average molecular weight is 1160 g/mol. The fraction of sp³-hybridized carbons (Fsp3) is 0.566. The normalized spacial score (nSPS) is 15.8. The van der Waals surface area contributed by atoms with Crippen LogP contribution in [0.2, 0.25) is 0 Å². The number of thioether (sulfide) groups is 1. The van der Waals surface area contributed by atoms with E-state index < -0.39 is 0 Å². The summed E-state index contributed by atoms with van der Waals surface area (Å²) in [5.74, 6) is 4.89. The number of rotatable bonds is 6. The van der Waals surface area contributed by atoms with Crippen LogP contribution < -0.4 is 0 Å². The van der Waals surface area contributed by atoms with Crippen molar-refractivity contribution >= 4 is 11.8 Å². The van der Waals surface area contributed by atoms with Crippen molar-refractivity contribution in [3.63, 3.8) is 0 Å². The molecule has 5 aliphatic carbocycles. The van der Waals surface area contributed by atoms with E-state index in [1.54, 1.807) is 33.4 Å². The molecule has 0 bridgehead atoms. The molecule has 6 aromatic carbocycles. The lowest BCUT2D eigenvalue weighted by atomic mass is 9.67. The molecule has 12 rings (SSSR count). The number of benzene rings is 6. The highest BCUT2D eigenvalue weighted by molar-refractivity contribution is 8.00. The molecule has 0 amide bonds. The van der Waals surface area contributed by atoms with Crippen LogP contribution in [0.4, 0.5) is 0 Å². The topological polar surface area (TPSA) is 0 Å². The second-order valence-electron chi connectivity index (χ2n) is 24.8. The molecular weight excluding hydrogens is 1030 g/mol. The third-order valence-electron chi connectivity index (χ3n) is 18.5. The molecule has 3 spiro atoms. The maximum absolute atomic E-state index is 2.54. The van der Waals surface area contributed by atoms with Crippen LogP contribution in [0.15, 0.2) is 109 Å². The first-order valence-corrected chi connectivity index (χ1v) is 35.6. The highest BCUT2D eigenvalue weighted by Crippen LogP contribution is 2.61. The largest absolute Gasteiger partial charge is 0.145 e. The smallest absolute Gasteiger partial charge is 0.0669 e. The maximum atomic E-state index is 2.54. The van der Waals surface area contributed by atoms with Gasteiger partial charge in [0.25, 0.3) is 0 Å². The van der Waals surface area contributed by atoms with E-state index in [1.165, 1.54) is 150 Å². The van der Waals surface area contributed by atoms with Crippen molar-refractivity contribution in [2.75, 3.05) is 5.75 Å². The first kappa shape index (κ1) is 73.9. The molecule has 2 saturated carbocycles. The molecule has 6 aliphatic rings. The quantitative estimate of drug-likeness (QED) is 0.160. The standard InChI is InChI=1S/C24H30.C23H28S.C23H28.6C2H6.CH4/c1-16(2)18-8-10-20-21-11-9-19(17(3)4)15-23(21)24(22(20)14-18)12-6-5-7-13-24;1-15(2)17-7-9-19-20-10-8-18(16(3)4)14-22(20)23(21(19)13-17)11-5-6-12-24-23;1-15(2)17-7-9-19-20-10-8-18(16(3)4)14-22(20)23(21(19)13-17)11-5-6-12-23;6*1-2;/h8-11,14-17H,5-7,12-13H2,1-4H3;7-10,13-16H,5-6,11-12H2,1-4H3;7-10,13-16H,5-6,11-12H2,1-4H3;6*1-2H3;1H4. The molecule has 0 radical (unpaired) electrons. The summed E-state index contributed by atoms with van der Waals surface area (Å²) in [5, 5.41) is 0. The van der Waals surface area contributed by atoms with E-state index in [1.807, 2.05) is 83.1 Å². The Hall–Kier alpha value is -4.33. The van der Waals surface area contributed by atoms with Gasteiger partial charge in [-0.25, -0.2) is 0 Å². The fourth-order valence-electron chi connectivity index (χ4n) is 14.1. The van der Waals surface area contributed by atoms with E-state index in [2.05, 4.69) is 204 Å². The Balaban J connectivity index is 0.000000301. The summed E-state index contributed by atoms with van der Waals surface area (Å²) in [6.07, 6.45) is 16.2. The van der Waals surface area contributed by atoms with Gasteiger partial charge in [-0.15, -0.1) is 11.8 Å². The third kappa shape index (κ3) is 15.0. The minimum Gasteiger partial charge on any atom is -0.145 e. The number of hydrogen-bond acceptors (Lipinski definition) is 1. The second-order valence-corrected chi connectivity index (χ2v) is 26.2. The van der Waals surface area contributed by atoms with Crippen LogP contribution in [-0.4, -0.2) is 5.75 Å². The zero-order valence-electron chi connectivity index (χ0n) is 58.0. The van der Waals surface area contributed by atoms with Crippen molar-refractivity contribution in [1.29, 1.82) is 0 Å². The van der Waals surface area contributed by atoms with Gasteiger partial charge in [0.2, 0.25) is 0 Å². The van der Waals surface area contributed by atoms with Crippen LogP contribution in [0.1, 0.15) is 353 Å². The highest BCUT2D eigenvalue weighted by atomic mass is 32.2. The molecular formula is C83H126S. The van der Waals surface area contributed by atoms with Crippen molar-refractivity contribution in [3.05, 3.63) is 176 Å². The molecule has 6 aromatic rings. The molecule has 1 aliphatic heterocycles. The van der Waals surface area contributed by atoms with Gasteiger partial charge in [0.1, 0.15) is 0 Å². The molecule has 1 saturated heterocycles. The summed E-state index contributed by atoms with van der Waals surface area (Å²) in [5.41, 5.74) is 28.2. The minimum absolute atomic E-state index is 0. The van der Waals surface area contributed by atoms with E-state index in [0.717, 1.165) is 0 Å². The maximum Gasteiger partial charge on any atom is 0.0669 e. The Labute approximate surface area is 525 Å². The molecule has 0 aromatic heterocycles. The lowest BCUT2D eigenvalue weighted by molar-refractivity contribution is 0.352. The molecule has 464 valence electrons. The van der Waals surface area contributed by atoms with Gasteiger partial charge >= 0.3 is 0 Å². The Bertz CT molecular complexity index is 2580. The summed E-state index contributed by atoms with van der Waals surface area (Å²) >= 11 is 2.20. The third-order valence-corrected chi connectivity index (χ3v) is 20.1. The number of hydrogen-bond donors (Lipinski definition) is 0. The lowest BCUT2D eigenvalue weighted by Crippen LogP contribution is -2.28. The van der Waals surface area contributed by atoms with Crippen LogP contribution >= 0.6 is 11.8 Å². The molecule has 3 fully saturated rings. The van der Waals surface area contributed by atoms with Gasteiger partial charge in [0.05, 0.1) is 4.75 Å². The molecule has 0 unspecified atom stereocenters. The van der Waals surface area contributed by atoms with E-state index in [0.29, 0.717) is 46.3 Å². The predicted molar refractivity (Wildman–Crippen MR) is 385 cm³/mol. The first-order valence-electron chi connectivity index (χ1n) is 34.6. The summed E-state index contributed by atoms with van der Waals surface area (Å²) < 4.78 is 0.207. The average Bonchev–Trinajstić information content (AvgIpc) is 1.78. The van der Waals surface area contributed by atoms with Gasteiger partial charge in [-0.3, -0.25) is 0 Å². The zero-order valence-corrected chi connectivity index (χ0v) is 58.8. The number of fused-ring (bicyclic) bond motifs is 15. The zero-order chi connectivity index (χ0) is 62.0. The SMILES string of the molecule is C.CC.CC.CC.CC.CC.CC.CC(C)c1ccc2c(c1)C1(CCCC1)c1cc(C(C)C)ccc1-2.CC(C)c1ccc2c(c1)C1(CCCCC1)c1cc(C(C)C)ccc1-2.CC(C)c1ccc2c(c1)C1(CCCCS1)c1cc(C(C)C)ccc1-2. The second kappa shape index (κ2) is 34.3. The Kier molecular flexibility index (Phi) is 30.2. The Morgan fingerprint density at radius 1 is 0.262 bits per heavy atom. The van der Waals surface area contributed by atoms with E-state index in [9.17, 15) is 0 Å². The fourth-order valence-corrected chi connectivity index (χ4v) is 15.7. The summed E-state index contributed by atoms with van der Waals surface area (Å²) in [4.78, 5) is 0. The van der Waals surface area contributed by atoms with Gasteiger partial charge in [-0.1, -0.05) is 321 Å². The van der Waals surface area contributed by atoms with Crippen molar-refractivity contribution in [2.45, 2.75) is 302 Å². The Morgan fingerprint density at radius 2 is 0.464 bits per heavy atom. The molecule has 0 nitrogen and oxygen atoms in total. The van der Waals surface area contributed by atoms with Gasteiger partial charge in [-0.05, 0) is 180 Å². The monoisotopic (exact) mass is 1150 g/mol. The van der Waals surface area contributed by atoms with Crippen LogP contribution in [0.5, 0.6) is 0 Å². The van der Waals surface area contributed by atoms with Gasteiger partial charge < -0.3 is 0 Å². The summed E-state index contributed by atoms with van der Waals surface area (Å²) in [7, 11) is 0. The van der Waals surface area contributed by atoms with Crippen molar-refractivity contribution in [3.8, 4) is 33.4 Å². The van der Waals surface area contributed by atoms with Crippen LogP contribution in [0.25, 0.3) is 33.4 Å². The lowest BCUT2D eigenvalue weighted by Gasteiger charge is -2.36. The van der Waals surface area contributed by atoms with E-state index in [4.69, 9.17) is 0 Å². The van der Waals surface area contributed by atoms with Crippen LogP contribution in [0.3, 0.4) is 0 Å². The predicted octanol–water partition coefficient (Wildman–Crippen LogP) is 27.8. The van der Waals surface area contributed by atoms with Crippen LogP contribution in [-0.2, 0) is 15.6 Å². The van der Waals surface area contributed by atoms with Gasteiger partial charge in [0.15, 0.2) is 0 Å². The van der Waals surface area contributed by atoms with E-state index >= 15 is 0 Å². The van der Waals surface area contributed by atoms with Gasteiger partial charge in [-0.2, -0.15) is 0 Å². The molecule has 84 heavy (non-hydrogen) atoms. The van der Waals surface area contributed by atoms with E-state index in [-0.39, 0.29) is 12.2 Å². The molecule has 0 atom stereocenters. The summed E-state index contributed by atoms with van der Waals surface area (Å²) in [6.45, 7) is 51.7. The molecule has 0 N–H and O–H groups in total. The molecule has 1 heterocycles. The Morgan fingerprint density at radius 3 is 0.679 bits per heavy atom. The van der Waals surface area contributed by atoms with Crippen molar-refractivity contribution in [1.82, 2.24) is 0 Å². The van der Waals surface area contributed by atoms with Gasteiger partial charge in [0, 0.05) is 10.8 Å². The summed E-state index contributed by atoms with van der Waals surface area (Å²) in [6, 6.07) is 43.6.